The maximum Gasteiger partial charge on any atom is 0.410 e. The molecule has 0 aromatic heterocycles. The Balaban J connectivity index is 1.35. The summed E-state index contributed by atoms with van der Waals surface area (Å²) in [7, 11) is 2.17. The quantitative estimate of drug-likeness (QED) is 0.791. The monoisotopic (exact) mass is 384 g/mol. The van der Waals surface area contributed by atoms with E-state index in [1.165, 1.54) is 16.7 Å². The number of fused-ring (bicyclic) bond motifs is 1. The van der Waals surface area contributed by atoms with Crippen LogP contribution in [-0.2, 0) is 11.2 Å². The summed E-state index contributed by atoms with van der Waals surface area (Å²) in [6, 6.07) is 6.70. The Kier molecular flexibility index (Phi) is 5.63. The molecule has 5 nitrogen and oxygen atoms in total. The van der Waals surface area contributed by atoms with E-state index in [1.807, 2.05) is 18.7 Å². The standard InChI is InChI=1S/C23H32N2O3/c1-16(2)27-23(26)25-12-8-18(9-13-25)22-15-20-14-19(4-5-21(20)28-22)17-6-10-24(3)11-7-17/h4-6,14,16,18,22H,7-13,15H2,1-3H3. The Labute approximate surface area is 168 Å². The molecule has 0 spiro atoms. The Morgan fingerprint density at radius 3 is 2.68 bits per heavy atom. The molecule has 1 fully saturated rings. The number of likely N-dealkylation sites (N-methyl/N-ethyl adjacent to an activating group) is 1. The minimum Gasteiger partial charge on any atom is -0.490 e. The van der Waals surface area contributed by atoms with Gasteiger partial charge in [-0.2, -0.15) is 0 Å². The van der Waals surface area contributed by atoms with E-state index < -0.39 is 0 Å². The summed E-state index contributed by atoms with van der Waals surface area (Å²) in [5.41, 5.74) is 4.15. The molecule has 0 aliphatic carbocycles. The number of benzene rings is 1. The molecule has 1 unspecified atom stereocenters. The van der Waals surface area contributed by atoms with Crippen molar-refractivity contribution in [2.24, 2.45) is 5.92 Å². The first-order valence-electron chi connectivity index (χ1n) is 10.6. The van der Waals surface area contributed by atoms with Gasteiger partial charge in [-0.25, -0.2) is 4.79 Å². The maximum absolute atomic E-state index is 12.1. The minimum absolute atomic E-state index is 0.0632. The highest BCUT2D eigenvalue weighted by molar-refractivity contribution is 5.69. The van der Waals surface area contributed by atoms with Crippen molar-refractivity contribution < 1.29 is 14.3 Å². The topological polar surface area (TPSA) is 42.0 Å². The van der Waals surface area contributed by atoms with Crippen LogP contribution in [0, 0.1) is 5.92 Å². The second kappa shape index (κ2) is 8.16. The fourth-order valence-electron chi connectivity index (χ4n) is 4.50. The van der Waals surface area contributed by atoms with Crippen molar-refractivity contribution in [2.75, 3.05) is 33.2 Å². The van der Waals surface area contributed by atoms with Gasteiger partial charge in [0.1, 0.15) is 11.9 Å². The van der Waals surface area contributed by atoms with Gasteiger partial charge >= 0.3 is 6.09 Å². The fraction of sp³-hybridized carbons (Fsp3) is 0.609. The van der Waals surface area contributed by atoms with Gasteiger partial charge in [0.25, 0.3) is 0 Å². The van der Waals surface area contributed by atoms with Crippen LogP contribution in [0.1, 0.15) is 44.2 Å². The zero-order valence-corrected chi connectivity index (χ0v) is 17.3. The highest BCUT2D eigenvalue weighted by Crippen LogP contribution is 2.37. The van der Waals surface area contributed by atoms with E-state index in [9.17, 15) is 4.79 Å². The molecular weight excluding hydrogens is 352 g/mol. The van der Waals surface area contributed by atoms with E-state index in [0.29, 0.717) is 5.92 Å². The number of hydrogen-bond acceptors (Lipinski definition) is 4. The predicted octanol–water partition coefficient (Wildman–Crippen LogP) is 3.97. The number of hydrogen-bond donors (Lipinski definition) is 0. The summed E-state index contributed by atoms with van der Waals surface area (Å²) >= 11 is 0. The molecule has 1 atom stereocenters. The van der Waals surface area contributed by atoms with Gasteiger partial charge in [-0.15, -0.1) is 0 Å². The van der Waals surface area contributed by atoms with Gasteiger partial charge in [-0.1, -0.05) is 12.1 Å². The van der Waals surface area contributed by atoms with Crippen LogP contribution < -0.4 is 4.74 Å². The first-order valence-corrected chi connectivity index (χ1v) is 10.6. The van der Waals surface area contributed by atoms with Gasteiger partial charge in [0.15, 0.2) is 0 Å². The largest absolute Gasteiger partial charge is 0.490 e. The lowest BCUT2D eigenvalue weighted by atomic mass is 9.88. The van der Waals surface area contributed by atoms with Gasteiger partial charge in [-0.05, 0) is 74.9 Å². The number of carbonyl (C=O) groups excluding carboxylic acids is 1. The van der Waals surface area contributed by atoms with Crippen LogP contribution in [-0.4, -0.2) is 61.3 Å². The Hall–Kier alpha value is -2.01. The number of amides is 1. The second-order valence-corrected chi connectivity index (χ2v) is 8.68. The number of ether oxygens (including phenoxy) is 2. The molecule has 0 radical (unpaired) electrons. The van der Waals surface area contributed by atoms with Crippen molar-refractivity contribution in [3.8, 4) is 5.75 Å². The molecular formula is C23H32N2O3. The fourth-order valence-corrected chi connectivity index (χ4v) is 4.50. The number of rotatable bonds is 3. The summed E-state index contributed by atoms with van der Waals surface area (Å²) in [6.45, 7) is 7.47. The molecule has 0 saturated carbocycles. The predicted molar refractivity (Wildman–Crippen MR) is 111 cm³/mol. The van der Waals surface area contributed by atoms with E-state index in [2.05, 4.69) is 36.2 Å². The molecule has 3 heterocycles. The summed E-state index contributed by atoms with van der Waals surface area (Å²) in [5, 5.41) is 0. The van der Waals surface area contributed by atoms with Gasteiger partial charge in [-0.3, -0.25) is 0 Å². The van der Waals surface area contributed by atoms with Crippen LogP contribution in [0.5, 0.6) is 5.75 Å². The smallest absolute Gasteiger partial charge is 0.410 e. The third-order valence-electron chi connectivity index (χ3n) is 6.20. The first-order chi connectivity index (χ1) is 13.5. The lowest BCUT2D eigenvalue weighted by Crippen LogP contribution is -2.43. The lowest BCUT2D eigenvalue weighted by Gasteiger charge is -2.34. The van der Waals surface area contributed by atoms with Crippen molar-refractivity contribution in [1.29, 1.82) is 0 Å². The molecule has 152 valence electrons. The van der Waals surface area contributed by atoms with E-state index >= 15 is 0 Å². The van der Waals surface area contributed by atoms with E-state index in [1.54, 1.807) is 0 Å². The van der Waals surface area contributed by atoms with E-state index in [0.717, 1.165) is 57.6 Å². The Morgan fingerprint density at radius 1 is 1.21 bits per heavy atom. The molecule has 1 aromatic rings. The van der Waals surface area contributed by atoms with Gasteiger partial charge in [0, 0.05) is 32.6 Å². The van der Waals surface area contributed by atoms with Gasteiger partial charge < -0.3 is 19.3 Å². The molecule has 1 amide bonds. The summed E-state index contributed by atoms with van der Waals surface area (Å²) in [5.74, 6) is 1.55. The third-order valence-corrected chi connectivity index (χ3v) is 6.20. The molecule has 3 aliphatic heterocycles. The first kappa shape index (κ1) is 19.3. The molecule has 1 saturated heterocycles. The van der Waals surface area contributed by atoms with Crippen LogP contribution in [0.15, 0.2) is 24.3 Å². The number of carbonyl (C=O) groups is 1. The highest BCUT2D eigenvalue weighted by atomic mass is 16.6. The molecule has 5 heteroatoms. The van der Waals surface area contributed by atoms with E-state index in [4.69, 9.17) is 9.47 Å². The van der Waals surface area contributed by atoms with E-state index in [-0.39, 0.29) is 18.3 Å². The van der Waals surface area contributed by atoms with Gasteiger partial charge in [0.05, 0.1) is 6.10 Å². The van der Waals surface area contributed by atoms with Crippen molar-refractivity contribution in [1.82, 2.24) is 9.80 Å². The third kappa shape index (κ3) is 4.19. The van der Waals surface area contributed by atoms with Crippen LogP contribution in [0.4, 0.5) is 4.79 Å². The van der Waals surface area contributed by atoms with Crippen LogP contribution in [0.25, 0.3) is 5.57 Å². The SMILES string of the molecule is CC(C)OC(=O)N1CCC(C2Cc3cc(C4=CCN(C)CC4)ccc3O2)CC1. The Bertz CT molecular complexity index is 750. The van der Waals surface area contributed by atoms with Crippen molar-refractivity contribution in [3.05, 3.63) is 35.4 Å². The second-order valence-electron chi connectivity index (χ2n) is 8.68. The molecule has 4 rings (SSSR count). The summed E-state index contributed by atoms with van der Waals surface area (Å²) < 4.78 is 11.6. The molecule has 3 aliphatic rings. The zero-order chi connectivity index (χ0) is 19.7. The van der Waals surface area contributed by atoms with Crippen LogP contribution in [0.3, 0.4) is 0 Å². The average molecular weight is 385 g/mol. The molecule has 0 bridgehead atoms. The van der Waals surface area contributed by atoms with Gasteiger partial charge in [0.2, 0.25) is 0 Å². The van der Waals surface area contributed by atoms with Crippen molar-refractivity contribution in [2.45, 2.75) is 51.7 Å². The molecule has 0 N–H and O–H groups in total. The zero-order valence-electron chi connectivity index (χ0n) is 17.3. The number of nitrogens with zero attached hydrogens (tertiary/aromatic N) is 2. The lowest BCUT2D eigenvalue weighted by molar-refractivity contribution is 0.0503. The van der Waals surface area contributed by atoms with Crippen LogP contribution >= 0.6 is 0 Å². The normalized spacial score (nSPS) is 23.4. The molecule has 28 heavy (non-hydrogen) atoms. The summed E-state index contributed by atoms with van der Waals surface area (Å²) in [6.07, 6.45) is 6.41. The molecule has 1 aromatic carbocycles. The van der Waals surface area contributed by atoms with Crippen molar-refractivity contribution >= 4 is 11.7 Å². The summed E-state index contributed by atoms with van der Waals surface area (Å²) in [4.78, 5) is 16.3. The number of piperidine rings is 1. The van der Waals surface area contributed by atoms with Crippen molar-refractivity contribution in [3.63, 3.8) is 0 Å². The average Bonchev–Trinajstić information content (AvgIpc) is 3.11. The van der Waals surface area contributed by atoms with Crippen LogP contribution in [0.2, 0.25) is 0 Å². The highest BCUT2D eigenvalue weighted by Gasteiger charge is 2.34. The minimum atomic E-state index is -0.180. The number of likely N-dealkylation sites (tertiary alicyclic amines) is 1. The maximum atomic E-state index is 12.1. The Morgan fingerprint density at radius 2 is 2.00 bits per heavy atom.